The van der Waals surface area contributed by atoms with Crippen molar-refractivity contribution in [1.82, 2.24) is 9.88 Å². The molecule has 1 heterocycles. The van der Waals surface area contributed by atoms with Crippen molar-refractivity contribution in [2.45, 2.75) is 39.0 Å². The van der Waals surface area contributed by atoms with Gasteiger partial charge in [0.15, 0.2) is 5.78 Å². The van der Waals surface area contributed by atoms with E-state index in [0.717, 1.165) is 25.0 Å². The van der Waals surface area contributed by atoms with E-state index in [0.29, 0.717) is 18.5 Å². The number of carbonyl (C=O) groups is 2. The molecular formula is C14H22N2O2. The second-order valence-corrected chi connectivity index (χ2v) is 4.50. The molecule has 0 aliphatic heterocycles. The Labute approximate surface area is 108 Å². The van der Waals surface area contributed by atoms with Crippen molar-refractivity contribution in [3.8, 4) is 0 Å². The third-order valence-corrected chi connectivity index (χ3v) is 3.14. The molecule has 4 heteroatoms. The summed E-state index contributed by atoms with van der Waals surface area (Å²) in [7, 11) is 3.45. The van der Waals surface area contributed by atoms with Crippen LogP contribution in [-0.4, -0.2) is 23.3 Å². The van der Waals surface area contributed by atoms with Gasteiger partial charge >= 0.3 is 0 Å². The number of nitrogens with zero attached hydrogens (tertiary/aromatic N) is 1. The van der Waals surface area contributed by atoms with E-state index in [-0.39, 0.29) is 11.7 Å². The summed E-state index contributed by atoms with van der Waals surface area (Å²) in [5.41, 5.74) is 1.57. The van der Waals surface area contributed by atoms with E-state index in [9.17, 15) is 9.59 Å². The Hall–Kier alpha value is -1.58. The van der Waals surface area contributed by atoms with Crippen LogP contribution in [0.5, 0.6) is 0 Å². The minimum Gasteiger partial charge on any atom is -0.359 e. The van der Waals surface area contributed by atoms with Crippen LogP contribution in [0, 0.1) is 0 Å². The van der Waals surface area contributed by atoms with Gasteiger partial charge < -0.3 is 9.88 Å². The molecule has 0 fully saturated rings. The fourth-order valence-corrected chi connectivity index (χ4v) is 1.93. The molecule has 1 rings (SSSR count). The number of nitrogens with one attached hydrogen (secondary N) is 1. The van der Waals surface area contributed by atoms with Gasteiger partial charge in [0.2, 0.25) is 5.91 Å². The summed E-state index contributed by atoms with van der Waals surface area (Å²) < 4.78 is 1.82. The average Bonchev–Trinajstić information content (AvgIpc) is 2.71. The Kier molecular flexibility index (Phi) is 5.62. The van der Waals surface area contributed by atoms with Crippen LogP contribution in [0.4, 0.5) is 0 Å². The molecule has 1 N–H and O–H groups in total. The molecule has 4 nitrogen and oxygen atoms in total. The number of rotatable bonds is 7. The zero-order valence-electron chi connectivity index (χ0n) is 11.5. The number of hydrogen-bond donors (Lipinski definition) is 1. The molecule has 1 aromatic rings. The van der Waals surface area contributed by atoms with Crippen LogP contribution >= 0.6 is 0 Å². The predicted molar refractivity (Wildman–Crippen MR) is 71.7 cm³/mol. The predicted octanol–water partition coefficient (Wildman–Crippen LogP) is 2.08. The summed E-state index contributed by atoms with van der Waals surface area (Å²) in [6.07, 6.45) is 4.04. The Morgan fingerprint density at radius 3 is 2.61 bits per heavy atom. The average molecular weight is 250 g/mol. The van der Waals surface area contributed by atoms with Gasteiger partial charge in [0.05, 0.1) is 12.1 Å². The van der Waals surface area contributed by atoms with Crippen LogP contribution in [0.2, 0.25) is 0 Å². The molecule has 0 aliphatic rings. The fraction of sp³-hybridized carbons (Fsp3) is 0.571. The number of aromatic nitrogens is 1. The highest BCUT2D eigenvalue weighted by Gasteiger charge is 2.13. The second-order valence-electron chi connectivity index (χ2n) is 4.50. The van der Waals surface area contributed by atoms with Crippen molar-refractivity contribution in [2.24, 2.45) is 7.05 Å². The number of unbranched alkanes of at least 4 members (excludes halogenated alkanes) is 2. The SMILES string of the molecule is CCCCCC(=O)c1ccc(CC(=O)NC)n1C. The fourth-order valence-electron chi connectivity index (χ4n) is 1.93. The lowest BCUT2D eigenvalue weighted by atomic mass is 10.1. The molecule has 0 aliphatic carbocycles. The molecular weight excluding hydrogens is 228 g/mol. The summed E-state index contributed by atoms with van der Waals surface area (Å²) in [4.78, 5) is 23.3. The Balaban J connectivity index is 2.67. The summed E-state index contributed by atoms with van der Waals surface area (Å²) in [6.45, 7) is 2.12. The largest absolute Gasteiger partial charge is 0.359 e. The van der Waals surface area contributed by atoms with Crippen molar-refractivity contribution in [1.29, 1.82) is 0 Å². The topological polar surface area (TPSA) is 51.1 Å². The Bertz CT molecular complexity index is 421. The number of amides is 1. The van der Waals surface area contributed by atoms with Crippen molar-refractivity contribution in [3.63, 3.8) is 0 Å². The van der Waals surface area contributed by atoms with Gasteiger partial charge in [-0.05, 0) is 18.6 Å². The quantitative estimate of drug-likeness (QED) is 0.595. The van der Waals surface area contributed by atoms with Gasteiger partial charge in [0.1, 0.15) is 0 Å². The van der Waals surface area contributed by atoms with Crippen LogP contribution in [0.1, 0.15) is 48.8 Å². The van der Waals surface area contributed by atoms with Crippen molar-refractivity contribution in [3.05, 3.63) is 23.5 Å². The highest BCUT2D eigenvalue weighted by molar-refractivity contribution is 5.95. The van der Waals surface area contributed by atoms with Crippen molar-refractivity contribution in [2.75, 3.05) is 7.05 Å². The lowest BCUT2D eigenvalue weighted by molar-refractivity contribution is -0.120. The van der Waals surface area contributed by atoms with E-state index < -0.39 is 0 Å². The van der Waals surface area contributed by atoms with Gasteiger partial charge in [-0.15, -0.1) is 0 Å². The lowest BCUT2D eigenvalue weighted by Gasteiger charge is -2.06. The highest BCUT2D eigenvalue weighted by Crippen LogP contribution is 2.12. The summed E-state index contributed by atoms with van der Waals surface area (Å²) >= 11 is 0. The van der Waals surface area contributed by atoms with E-state index in [1.807, 2.05) is 23.7 Å². The van der Waals surface area contributed by atoms with Crippen molar-refractivity contribution >= 4 is 11.7 Å². The summed E-state index contributed by atoms with van der Waals surface area (Å²) in [5, 5.41) is 2.58. The molecule has 0 saturated carbocycles. The summed E-state index contributed by atoms with van der Waals surface area (Å²) in [6, 6.07) is 3.66. The van der Waals surface area contributed by atoms with Gasteiger partial charge in [0.25, 0.3) is 0 Å². The number of ketones is 1. The Morgan fingerprint density at radius 2 is 2.00 bits per heavy atom. The van der Waals surface area contributed by atoms with E-state index in [4.69, 9.17) is 0 Å². The van der Waals surface area contributed by atoms with Crippen molar-refractivity contribution < 1.29 is 9.59 Å². The minimum atomic E-state index is -0.0406. The molecule has 0 aromatic carbocycles. The van der Waals surface area contributed by atoms with Crippen LogP contribution < -0.4 is 5.32 Å². The van der Waals surface area contributed by atoms with Gasteiger partial charge in [-0.1, -0.05) is 19.8 Å². The monoisotopic (exact) mass is 250 g/mol. The maximum atomic E-state index is 12.0. The lowest BCUT2D eigenvalue weighted by Crippen LogP contribution is -2.21. The third-order valence-electron chi connectivity index (χ3n) is 3.14. The van der Waals surface area contributed by atoms with E-state index in [2.05, 4.69) is 12.2 Å². The number of Topliss-reactive ketones (excluding diaryl/α,β-unsaturated/α-hetero) is 1. The van der Waals surface area contributed by atoms with E-state index in [1.54, 1.807) is 7.05 Å². The first-order chi connectivity index (χ1) is 8.60. The molecule has 0 radical (unpaired) electrons. The zero-order valence-corrected chi connectivity index (χ0v) is 11.5. The minimum absolute atomic E-state index is 0.0406. The smallest absolute Gasteiger partial charge is 0.225 e. The Morgan fingerprint density at radius 1 is 1.28 bits per heavy atom. The number of likely N-dealkylation sites (N-methyl/N-ethyl adjacent to an activating group) is 1. The molecule has 0 spiro atoms. The molecule has 0 bridgehead atoms. The molecule has 1 aromatic heterocycles. The molecule has 100 valence electrons. The maximum Gasteiger partial charge on any atom is 0.225 e. The normalized spacial score (nSPS) is 10.4. The molecule has 0 atom stereocenters. The molecule has 1 amide bonds. The molecule has 0 saturated heterocycles. The van der Waals surface area contributed by atoms with E-state index in [1.165, 1.54) is 0 Å². The van der Waals surface area contributed by atoms with Crippen LogP contribution in [0.25, 0.3) is 0 Å². The van der Waals surface area contributed by atoms with Crippen LogP contribution in [0.3, 0.4) is 0 Å². The van der Waals surface area contributed by atoms with Gasteiger partial charge in [-0.2, -0.15) is 0 Å². The van der Waals surface area contributed by atoms with Gasteiger partial charge in [0, 0.05) is 26.2 Å². The first kappa shape index (κ1) is 14.5. The highest BCUT2D eigenvalue weighted by atomic mass is 16.1. The summed E-state index contributed by atoms with van der Waals surface area (Å²) in [5.74, 6) is 0.121. The van der Waals surface area contributed by atoms with Gasteiger partial charge in [-0.25, -0.2) is 0 Å². The van der Waals surface area contributed by atoms with Crippen LogP contribution in [0.15, 0.2) is 12.1 Å². The van der Waals surface area contributed by atoms with Crippen LogP contribution in [-0.2, 0) is 18.3 Å². The van der Waals surface area contributed by atoms with E-state index >= 15 is 0 Å². The standard InChI is InChI=1S/C14H22N2O2/c1-4-5-6-7-13(17)12-9-8-11(16(12)3)10-14(18)15-2/h8-9H,4-7,10H2,1-3H3,(H,15,18). The molecule has 18 heavy (non-hydrogen) atoms. The first-order valence-electron chi connectivity index (χ1n) is 6.48. The number of hydrogen-bond acceptors (Lipinski definition) is 2. The number of carbonyl (C=O) groups excluding carboxylic acids is 2. The second kappa shape index (κ2) is 6.99. The maximum absolute atomic E-state index is 12.0. The molecule has 0 unspecified atom stereocenters. The third kappa shape index (κ3) is 3.72. The zero-order chi connectivity index (χ0) is 13.5. The first-order valence-corrected chi connectivity index (χ1v) is 6.48. The van der Waals surface area contributed by atoms with Gasteiger partial charge in [-0.3, -0.25) is 9.59 Å².